The minimum atomic E-state index is -0.828. The number of nitrogens with two attached hydrogens (primary N) is 1. The smallest absolute Gasteiger partial charge is 0.240 e. The van der Waals surface area contributed by atoms with E-state index in [1.807, 2.05) is 0 Å². The lowest BCUT2D eigenvalue weighted by Crippen LogP contribution is -2.55. The van der Waals surface area contributed by atoms with E-state index < -0.39 is 17.4 Å². The Kier molecular flexibility index (Phi) is 6.63. The second kappa shape index (κ2) is 7.79. The first-order valence-electron chi connectivity index (χ1n) is 7.40. The summed E-state index contributed by atoms with van der Waals surface area (Å²) in [7, 11) is 1.48. The monoisotopic (exact) mass is 330 g/mol. The number of hydrogen-bond acceptors (Lipinski definition) is 3. The minimum absolute atomic E-state index is 0. The molecule has 1 aliphatic carbocycles. The molecule has 1 aromatic carbocycles. The van der Waals surface area contributed by atoms with Crippen molar-refractivity contribution in [1.82, 2.24) is 5.32 Å². The van der Waals surface area contributed by atoms with Gasteiger partial charge in [0.05, 0.1) is 24.3 Å². The summed E-state index contributed by atoms with van der Waals surface area (Å²) in [6.45, 7) is 1.74. The molecule has 124 valence electrons. The molecule has 0 spiro atoms. The summed E-state index contributed by atoms with van der Waals surface area (Å²) >= 11 is 0. The van der Waals surface area contributed by atoms with Crippen molar-refractivity contribution in [1.29, 1.82) is 0 Å². The summed E-state index contributed by atoms with van der Waals surface area (Å²) in [5.74, 6) is -0.172. The molecule has 1 atom stereocenters. The minimum Gasteiger partial charge on any atom is -0.496 e. The number of hydrogen-bond donors (Lipinski definition) is 2. The van der Waals surface area contributed by atoms with Gasteiger partial charge in [0.15, 0.2) is 0 Å². The first-order chi connectivity index (χ1) is 9.98. The number of benzene rings is 1. The third kappa shape index (κ3) is 3.90. The molecule has 0 heterocycles. The van der Waals surface area contributed by atoms with Crippen LogP contribution in [0.3, 0.4) is 0 Å². The lowest BCUT2D eigenvalue weighted by molar-refractivity contribution is -0.128. The average molecular weight is 331 g/mol. The van der Waals surface area contributed by atoms with Crippen LogP contribution in [-0.2, 0) is 4.79 Å². The molecule has 4 nitrogen and oxygen atoms in total. The van der Waals surface area contributed by atoms with E-state index in [1.54, 1.807) is 19.1 Å². The van der Waals surface area contributed by atoms with Gasteiger partial charge in [0.2, 0.25) is 5.91 Å². The van der Waals surface area contributed by atoms with Crippen molar-refractivity contribution < 1.29 is 13.9 Å². The third-order valence-corrected chi connectivity index (χ3v) is 4.21. The molecule has 6 heteroatoms. The molecule has 3 N–H and O–H groups in total. The lowest BCUT2D eigenvalue weighted by Gasteiger charge is -2.33. The summed E-state index contributed by atoms with van der Waals surface area (Å²) in [5.41, 5.74) is 5.73. The van der Waals surface area contributed by atoms with E-state index in [9.17, 15) is 9.18 Å². The van der Waals surface area contributed by atoms with E-state index in [-0.39, 0.29) is 18.3 Å². The largest absolute Gasteiger partial charge is 0.496 e. The molecule has 1 saturated carbocycles. The number of nitrogens with one attached hydrogen (secondary N) is 1. The fourth-order valence-electron chi connectivity index (χ4n) is 2.94. The Morgan fingerprint density at radius 1 is 1.36 bits per heavy atom. The first-order valence-corrected chi connectivity index (χ1v) is 7.40. The van der Waals surface area contributed by atoms with Crippen LogP contribution in [0.4, 0.5) is 4.39 Å². The highest BCUT2D eigenvalue weighted by Gasteiger charge is 2.36. The number of carbonyl (C=O) groups is 1. The van der Waals surface area contributed by atoms with E-state index in [4.69, 9.17) is 10.5 Å². The zero-order valence-electron chi connectivity index (χ0n) is 13.0. The van der Waals surface area contributed by atoms with Gasteiger partial charge in [0.25, 0.3) is 0 Å². The highest BCUT2D eigenvalue weighted by Crippen LogP contribution is 2.30. The van der Waals surface area contributed by atoms with Crippen molar-refractivity contribution in [3.8, 4) is 5.75 Å². The van der Waals surface area contributed by atoms with E-state index in [1.165, 1.54) is 13.2 Å². The van der Waals surface area contributed by atoms with Crippen molar-refractivity contribution in [2.45, 2.75) is 50.6 Å². The van der Waals surface area contributed by atoms with Gasteiger partial charge in [-0.1, -0.05) is 25.3 Å². The first kappa shape index (κ1) is 18.7. The van der Waals surface area contributed by atoms with Gasteiger partial charge >= 0.3 is 0 Å². The Morgan fingerprint density at radius 3 is 2.59 bits per heavy atom. The molecule has 1 aromatic rings. The van der Waals surface area contributed by atoms with E-state index in [2.05, 4.69) is 5.32 Å². The molecule has 0 aromatic heterocycles. The molecule has 0 bridgehead atoms. The summed E-state index contributed by atoms with van der Waals surface area (Å²) in [6, 6.07) is 4.13. The van der Waals surface area contributed by atoms with Crippen LogP contribution in [0.5, 0.6) is 5.75 Å². The second-order valence-electron chi connectivity index (χ2n) is 5.77. The van der Waals surface area contributed by atoms with Gasteiger partial charge in [-0.2, -0.15) is 0 Å². The standard InChI is InChI=1S/C16H23FN2O2.ClH/c1-11(14-12(17)7-6-8-13(14)21-2)19-15(20)16(18)9-4-3-5-10-16;/h6-8,11H,3-5,9-10,18H2,1-2H3,(H,19,20);1H. The second-order valence-corrected chi connectivity index (χ2v) is 5.77. The van der Waals surface area contributed by atoms with Gasteiger partial charge in [-0.05, 0) is 31.9 Å². The van der Waals surface area contributed by atoms with Crippen molar-refractivity contribution in [3.05, 3.63) is 29.6 Å². The molecule has 1 aliphatic rings. The zero-order valence-corrected chi connectivity index (χ0v) is 13.8. The quantitative estimate of drug-likeness (QED) is 0.891. The normalized spacial score (nSPS) is 18.0. The van der Waals surface area contributed by atoms with Gasteiger partial charge in [-0.15, -0.1) is 12.4 Å². The maximum absolute atomic E-state index is 14.0. The highest BCUT2D eigenvalue weighted by atomic mass is 35.5. The number of rotatable bonds is 4. The summed E-state index contributed by atoms with van der Waals surface area (Å²) in [5, 5.41) is 2.84. The van der Waals surface area contributed by atoms with E-state index in [0.717, 1.165) is 19.3 Å². The molecule has 0 radical (unpaired) electrons. The average Bonchev–Trinajstić information content (AvgIpc) is 2.47. The summed E-state index contributed by atoms with van der Waals surface area (Å²) < 4.78 is 19.2. The Morgan fingerprint density at radius 2 is 2.00 bits per heavy atom. The van der Waals surface area contributed by atoms with Crippen LogP contribution in [-0.4, -0.2) is 18.6 Å². The van der Waals surface area contributed by atoms with Crippen LogP contribution in [0.2, 0.25) is 0 Å². The maximum Gasteiger partial charge on any atom is 0.240 e. The predicted molar refractivity (Wildman–Crippen MR) is 86.8 cm³/mol. The highest BCUT2D eigenvalue weighted by molar-refractivity contribution is 5.86. The van der Waals surface area contributed by atoms with Crippen LogP contribution in [0.25, 0.3) is 0 Å². The topological polar surface area (TPSA) is 64.3 Å². The van der Waals surface area contributed by atoms with Gasteiger partial charge in [0, 0.05) is 0 Å². The van der Waals surface area contributed by atoms with Gasteiger partial charge in [-0.25, -0.2) is 4.39 Å². The van der Waals surface area contributed by atoms with Crippen LogP contribution >= 0.6 is 12.4 Å². The Balaban J connectivity index is 0.00000242. The summed E-state index contributed by atoms with van der Waals surface area (Å²) in [4.78, 5) is 12.4. The molecular weight excluding hydrogens is 307 g/mol. The van der Waals surface area contributed by atoms with Crippen LogP contribution in [0, 0.1) is 5.82 Å². The molecule has 1 amide bonds. The fourth-order valence-corrected chi connectivity index (χ4v) is 2.94. The summed E-state index contributed by atoms with van der Waals surface area (Å²) in [6.07, 6.45) is 4.39. The zero-order chi connectivity index (χ0) is 15.5. The molecular formula is C16H24ClFN2O2. The van der Waals surface area contributed by atoms with Crippen molar-refractivity contribution in [2.24, 2.45) is 5.73 Å². The Labute approximate surface area is 137 Å². The van der Waals surface area contributed by atoms with Crippen molar-refractivity contribution in [3.63, 3.8) is 0 Å². The van der Waals surface area contributed by atoms with Gasteiger partial charge in [0.1, 0.15) is 11.6 Å². The maximum atomic E-state index is 14.0. The third-order valence-electron chi connectivity index (χ3n) is 4.21. The van der Waals surface area contributed by atoms with Gasteiger partial charge in [-0.3, -0.25) is 4.79 Å². The number of ether oxygens (including phenoxy) is 1. The van der Waals surface area contributed by atoms with Crippen LogP contribution < -0.4 is 15.8 Å². The lowest BCUT2D eigenvalue weighted by atomic mass is 9.81. The van der Waals surface area contributed by atoms with Crippen molar-refractivity contribution >= 4 is 18.3 Å². The van der Waals surface area contributed by atoms with Crippen LogP contribution in [0.15, 0.2) is 18.2 Å². The number of carbonyl (C=O) groups excluding carboxylic acids is 1. The molecule has 2 rings (SSSR count). The Hall–Kier alpha value is -1.33. The predicted octanol–water partition coefficient (Wildman–Crippen LogP) is 3.09. The van der Waals surface area contributed by atoms with Crippen molar-refractivity contribution in [2.75, 3.05) is 7.11 Å². The van der Waals surface area contributed by atoms with Crippen LogP contribution in [0.1, 0.15) is 50.6 Å². The molecule has 0 aliphatic heterocycles. The number of methoxy groups -OCH3 is 1. The molecule has 1 unspecified atom stereocenters. The molecule has 0 saturated heterocycles. The van der Waals surface area contributed by atoms with Gasteiger partial charge < -0.3 is 15.8 Å². The molecule has 22 heavy (non-hydrogen) atoms. The molecule has 1 fully saturated rings. The SMILES string of the molecule is COc1cccc(F)c1C(C)NC(=O)C1(N)CCCCC1.Cl. The Bertz CT molecular complexity index is 519. The number of amides is 1. The fraction of sp³-hybridized carbons (Fsp3) is 0.562. The number of halogens is 2. The van der Waals surface area contributed by atoms with E-state index >= 15 is 0 Å². The van der Waals surface area contributed by atoms with E-state index in [0.29, 0.717) is 24.2 Å².